The zero-order valence-electron chi connectivity index (χ0n) is 13.3. The van der Waals surface area contributed by atoms with E-state index in [0.717, 1.165) is 16.3 Å². The van der Waals surface area contributed by atoms with Crippen LogP contribution in [0.2, 0.25) is 0 Å². The van der Waals surface area contributed by atoms with E-state index in [1.807, 2.05) is 48.7 Å². The average molecular weight is 340 g/mol. The third kappa shape index (κ3) is 3.68. The number of thiazole rings is 1. The molecule has 0 aliphatic carbocycles. The van der Waals surface area contributed by atoms with Crippen molar-refractivity contribution in [2.45, 2.75) is 13.3 Å². The van der Waals surface area contributed by atoms with E-state index in [-0.39, 0.29) is 18.1 Å². The second-order valence-corrected chi connectivity index (χ2v) is 6.16. The van der Waals surface area contributed by atoms with Crippen LogP contribution in [0.5, 0.6) is 0 Å². The predicted octanol–water partition coefficient (Wildman–Crippen LogP) is 4.54. The Morgan fingerprint density at radius 2 is 1.96 bits per heavy atom. The van der Waals surface area contributed by atoms with Crippen LogP contribution in [-0.2, 0) is 11.2 Å². The largest absolute Gasteiger partial charge is 0.312 e. The molecular weight excluding hydrogens is 323 g/mol. The van der Waals surface area contributed by atoms with Gasteiger partial charge in [0.15, 0.2) is 0 Å². The lowest BCUT2D eigenvalue weighted by molar-refractivity contribution is -0.118. The van der Waals surface area contributed by atoms with Gasteiger partial charge < -0.3 is 4.90 Å². The van der Waals surface area contributed by atoms with Crippen molar-refractivity contribution in [3.63, 3.8) is 0 Å². The Morgan fingerprint density at radius 3 is 2.67 bits per heavy atom. The molecule has 1 aromatic heterocycles. The number of hydrogen-bond acceptors (Lipinski definition) is 3. The van der Waals surface area contributed by atoms with Crippen LogP contribution in [0.4, 0.5) is 10.1 Å². The second kappa shape index (κ2) is 7.36. The highest BCUT2D eigenvalue weighted by Crippen LogP contribution is 2.25. The van der Waals surface area contributed by atoms with E-state index in [1.165, 1.54) is 23.5 Å². The van der Waals surface area contributed by atoms with Crippen LogP contribution in [0, 0.1) is 5.82 Å². The monoisotopic (exact) mass is 340 g/mol. The Balaban J connectivity index is 1.75. The first kappa shape index (κ1) is 16.3. The molecule has 0 radical (unpaired) electrons. The third-order valence-corrected chi connectivity index (χ3v) is 4.58. The standard InChI is InChI=1S/C19H17FN2OS/c1-2-22(17-9-4-3-5-10-17)18(23)12-16-13-24-19(21-16)14-7-6-8-15(20)11-14/h3-11,13H,2,12H2,1H3. The van der Waals surface area contributed by atoms with Crippen molar-refractivity contribution < 1.29 is 9.18 Å². The number of nitrogens with zero attached hydrogens (tertiary/aromatic N) is 2. The van der Waals surface area contributed by atoms with Gasteiger partial charge in [0.25, 0.3) is 0 Å². The number of para-hydroxylation sites is 1. The maximum Gasteiger partial charge on any atom is 0.233 e. The highest BCUT2D eigenvalue weighted by molar-refractivity contribution is 7.13. The number of rotatable bonds is 5. The van der Waals surface area contributed by atoms with Gasteiger partial charge in [-0.05, 0) is 31.2 Å². The molecule has 0 atom stereocenters. The Morgan fingerprint density at radius 1 is 1.17 bits per heavy atom. The van der Waals surface area contributed by atoms with Gasteiger partial charge in [-0.25, -0.2) is 9.37 Å². The number of likely N-dealkylation sites (N-methyl/N-ethyl adjacent to an activating group) is 1. The molecule has 1 amide bonds. The molecule has 0 unspecified atom stereocenters. The summed E-state index contributed by atoms with van der Waals surface area (Å²) in [6.45, 7) is 2.55. The Kier molecular flexibility index (Phi) is 5.01. The fraction of sp³-hybridized carbons (Fsp3) is 0.158. The summed E-state index contributed by atoms with van der Waals surface area (Å²) in [5.74, 6) is -0.290. The van der Waals surface area contributed by atoms with Gasteiger partial charge in [0.05, 0.1) is 12.1 Å². The molecule has 0 saturated carbocycles. The van der Waals surface area contributed by atoms with Gasteiger partial charge in [-0.3, -0.25) is 4.79 Å². The summed E-state index contributed by atoms with van der Waals surface area (Å²) in [7, 11) is 0. The molecule has 0 fully saturated rings. The molecule has 24 heavy (non-hydrogen) atoms. The molecule has 3 rings (SSSR count). The molecule has 0 bridgehead atoms. The highest BCUT2D eigenvalue weighted by Gasteiger charge is 2.16. The van der Waals surface area contributed by atoms with Crippen LogP contribution < -0.4 is 4.90 Å². The number of anilines is 1. The van der Waals surface area contributed by atoms with Crippen LogP contribution >= 0.6 is 11.3 Å². The van der Waals surface area contributed by atoms with Crippen LogP contribution in [-0.4, -0.2) is 17.4 Å². The summed E-state index contributed by atoms with van der Waals surface area (Å²) in [6, 6.07) is 15.9. The Bertz CT molecular complexity index is 832. The smallest absolute Gasteiger partial charge is 0.233 e. The van der Waals surface area contributed by atoms with Crippen molar-refractivity contribution in [1.29, 1.82) is 0 Å². The summed E-state index contributed by atoms with van der Waals surface area (Å²) in [4.78, 5) is 18.8. The fourth-order valence-electron chi connectivity index (χ4n) is 2.50. The van der Waals surface area contributed by atoms with Crippen molar-refractivity contribution in [2.24, 2.45) is 0 Å². The maximum absolute atomic E-state index is 13.3. The first-order valence-electron chi connectivity index (χ1n) is 7.73. The molecule has 122 valence electrons. The normalized spacial score (nSPS) is 10.6. The molecule has 0 spiro atoms. The maximum atomic E-state index is 13.3. The van der Waals surface area contributed by atoms with Crippen LogP contribution in [0.1, 0.15) is 12.6 Å². The minimum absolute atomic E-state index is 0.000192. The van der Waals surface area contributed by atoms with Crippen molar-refractivity contribution in [3.8, 4) is 10.6 Å². The average Bonchev–Trinajstić information content (AvgIpc) is 3.05. The van der Waals surface area contributed by atoms with Gasteiger partial charge in [-0.1, -0.05) is 30.3 Å². The minimum Gasteiger partial charge on any atom is -0.312 e. The van der Waals surface area contributed by atoms with Gasteiger partial charge in [-0.15, -0.1) is 11.3 Å². The lowest BCUT2D eigenvalue weighted by Gasteiger charge is -2.20. The number of amides is 1. The number of aromatic nitrogens is 1. The molecule has 0 saturated heterocycles. The number of carbonyl (C=O) groups is 1. The van der Waals surface area contributed by atoms with E-state index in [2.05, 4.69) is 4.98 Å². The van der Waals surface area contributed by atoms with Gasteiger partial charge in [0.2, 0.25) is 5.91 Å². The number of hydrogen-bond donors (Lipinski definition) is 0. The lowest BCUT2D eigenvalue weighted by Crippen LogP contribution is -2.32. The number of halogens is 1. The molecule has 0 aliphatic heterocycles. The van der Waals surface area contributed by atoms with Crippen molar-refractivity contribution in [2.75, 3.05) is 11.4 Å². The quantitative estimate of drug-likeness (QED) is 0.683. The van der Waals surface area contributed by atoms with E-state index < -0.39 is 0 Å². The van der Waals surface area contributed by atoms with E-state index in [9.17, 15) is 9.18 Å². The van der Waals surface area contributed by atoms with Crippen molar-refractivity contribution in [3.05, 3.63) is 71.5 Å². The second-order valence-electron chi connectivity index (χ2n) is 5.30. The number of carbonyl (C=O) groups excluding carboxylic acids is 1. The number of benzene rings is 2. The predicted molar refractivity (Wildman–Crippen MR) is 95.7 cm³/mol. The van der Waals surface area contributed by atoms with Crippen molar-refractivity contribution >= 4 is 22.9 Å². The molecule has 5 heteroatoms. The first-order valence-corrected chi connectivity index (χ1v) is 8.61. The SMILES string of the molecule is CCN(C(=O)Cc1csc(-c2cccc(F)c2)n1)c1ccccc1. The summed E-state index contributed by atoms with van der Waals surface area (Å²) in [5, 5.41) is 2.58. The molecule has 2 aromatic carbocycles. The molecule has 3 aromatic rings. The zero-order chi connectivity index (χ0) is 16.9. The zero-order valence-corrected chi connectivity index (χ0v) is 14.1. The summed E-state index contributed by atoms with van der Waals surface area (Å²) < 4.78 is 13.3. The molecule has 0 aliphatic rings. The summed E-state index contributed by atoms with van der Waals surface area (Å²) in [5.41, 5.74) is 2.32. The van der Waals surface area contributed by atoms with Crippen LogP contribution in [0.15, 0.2) is 60.0 Å². The highest BCUT2D eigenvalue weighted by atomic mass is 32.1. The van der Waals surface area contributed by atoms with Crippen molar-refractivity contribution in [1.82, 2.24) is 4.98 Å². The first-order chi connectivity index (χ1) is 11.7. The van der Waals surface area contributed by atoms with E-state index in [4.69, 9.17) is 0 Å². The summed E-state index contributed by atoms with van der Waals surface area (Å²) in [6.07, 6.45) is 0.231. The molecule has 0 N–H and O–H groups in total. The molecule has 1 heterocycles. The minimum atomic E-state index is -0.290. The van der Waals surface area contributed by atoms with Crippen LogP contribution in [0.3, 0.4) is 0 Å². The van der Waals surface area contributed by atoms with Gasteiger partial charge >= 0.3 is 0 Å². The van der Waals surface area contributed by atoms with Gasteiger partial charge in [0.1, 0.15) is 10.8 Å². The molecule has 3 nitrogen and oxygen atoms in total. The van der Waals surface area contributed by atoms with Gasteiger partial charge in [-0.2, -0.15) is 0 Å². The lowest BCUT2D eigenvalue weighted by atomic mass is 10.2. The van der Waals surface area contributed by atoms with E-state index in [0.29, 0.717) is 12.2 Å². The topological polar surface area (TPSA) is 33.2 Å². The summed E-state index contributed by atoms with van der Waals surface area (Å²) >= 11 is 1.42. The Labute approximate surface area is 144 Å². The van der Waals surface area contributed by atoms with E-state index >= 15 is 0 Å². The molecular formula is C19H17FN2OS. The van der Waals surface area contributed by atoms with Gasteiger partial charge in [0, 0.05) is 23.2 Å². The third-order valence-electron chi connectivity index (χ3n) is 3.64. The fourth-order valence-corrected chi connectivity index (χ4v) is 3.32. The van der Waals surface area contributed by atoms with E-state index in [1.54, 1.807) is 11.0 Å². The Hall–Kier alpha value is -2.53. The van der Waals surface area contributed by atoms with Crippen LogP contribution in [0.25, 0.3) is 10.6 Å².